The monoisotopic (exact) mass is 424 g/mol. The van der Waals surface area contributed by atoms with Crippen LogP contribution in [0.1, 0.15) is 46.1 Å². The van der Waals surface area contributed by atoms with E-state index < -0.39 is 5.60 Å². The van der Waals surface area contributed by atoms with Crippen molar-refractivity contribution in [2.24, 2.45) is 0 Å². The first-order chi connectivity index (χ1) is 15.0. The minimum atomic E-state index is -0.772. The molecule has 0 aromatic carbocycles. The lowest BCUT2D eigenvalue weighted by Crippen LogP contribution is -2.33. The Labute approximate surface area is 178 Å². The van der Waals surface area contributed by atoms with Gasteiger partial charge in [-0.2, -0.15) is 0 Å². The standard InChI is InChI=1S/C21H24N6O4/c1-12-16(24-11-25-20(12)30-2)7-27-6-14(19(28)23-10-21(29)3-4-21)17-18(27)26-15(5-22-17)13-8-31-9-13/h5-6,11,13,29H,3-4,7-10H2,1-2H3,(H,23,28). The third-order valence-electron chi connectivity index (χ3n) is 5.95. The van der Waals surface area contributed by atoms with Gasteiger partial charge in [0.05, 0.1) is 49.4 Å². The fourth-order valence-electron chi connectivity index (χ4n) is 3.61. The van der Waals surface area contributed by atoms with Crippen molar-refractivity contribution >= 4 is 17.1 Å². The van der Waals surface area contributed by atoms with Gasteiger partial charge >= 0.3 is 0 Å². The second-order valence-corrected chi connectivity index (χ2v) is 8.23. The van der Waals surface area contributed by atoms with Crippen molar-refractivity contribution in [1.82, 2.24) is 29.8 Å². The van der Waals surface area contributed by atoms with Crippen molar-refractivity contribution < 1.29 is 19.4 Å². The zero-order valence-corrected chi connectivity index (χ0v) is 17.5. The van der Waals surface area contributed by atoms with E-state index in [1.807, 2.05) is 11.5 Å². The van der Waals surface area contributed by atoms with E-state index in [1.54, 1.807) is 19.5 Å². The Morgan fingerprint density at radius 2 is 2.16 bits per heavy atom. The van der Waals surface area contributed by atoms with Gasteiger partial charge in [0, 0.05) is 30.4 Å². The summed E-state index contributed by atoms with van der Waals surface area (Å²) in [6.07, 6.45) is 6.32. The lowest BCUT2D eigenvalue weighted by atomic mass is 10.1. The molecule has 0 atom stereocenters. The third kappa shape index (κ3) is 3.72. The van der Waals surface area contributed by atoms with Gasteiger partial charge in [0.1, 0.15) is 11.8 Å². The first-order valence-corrected chi connectivity index (χ1v) is 10.3. The molecule has 3 aromatic heterocycles. The Kier molecular flexibility index (Phi) is 4.82. The molecule has 0 bridgehead atoms. The lowest BCUT2D eigenvalue weighted by Gasteiger charge is -2.25. The molecule has 1 aliphatic heterocycles. The molecule has 1 saturated carbocycles. The van der Waals surface area contributed by atoms with Gasteiger partial charge in [0.2, 0.25) is 5.88 Å². The summed E-state index contributed by atoms with van der Waals surface area (Å²) >= 11 is 0. The fourth-order valence-corrected chi connectivity index (χ4v) is 3.61. The molecule has 0 unspecified atom stereocenters. The highest BCUT2D eigenvalue weighted by Crippen LogP contribution is 2.34. The molecule has 4 heterocycles. The van der Waals surface area contributed by atoms with Crippen LogP contribution in [0, 0.1) is 6.92 Å². The number of hydrogen-bond acceptors (Lipinski definition) is 8. The number of aromatic nitrogens is 5. The lowest BCUT2D eigenvalue weighted by molar-refractivity contribution is 0.00668. The van der Waals surface area contributed by atoms with E-state index in [2.05, 4.69) is 20.3 Å². The van der Waals surface area contributed by atoms with E-state index in [0.717, 1.165) is 17.0 Å². The van der Waals surface area contributed by atoms with Crippen molar-refractivity contribution in [3.8, 4) is 5.88 Å². The van der Waals surface area contributed by atoms with Crippen molar-refractivity contribution in [2.45, 2.75) is 37.8 Å². The highest BCUT2D eigenvalue weighted by atomic mass is 16.5. The summed E-state index contributed by atoms with van der Waals surface area (Å²) < 4.78 is 12.5. The molecule has 10 heteroatoms. The van der Waals surface area contributed by atoms with Crippen LogP contribution in [0.2, 0.25) is 0 Å². The van der Waals surface area contributed by atoms with Crippen LogP contribution in [-0.4, -0.2) is 68.0 Å². The van der Waals surface area contributed by atoms with Crippen LogP contribution < -0.4 is 10.1 Å². The Bertz CT molecular complexity index is 1150. The molecule has 162 valence electrons. The van der Waals surface area contributed by atoms with E-state index in [0.29, 0.717) is 55.2 Å². The van der Waals surface area contributed by atoms with Gasteiger partial charge in [-0.3, -0.25) is 9.78 Å². The molecule has 1 aliphatic carbocycles. The highest BCUT2D eigenvalue weighted by molar-refractivity contribution is 6.04. The van der Waals surface area contributed by atoms with Crippen molar-refractivity contribution in [1.29, 1.82) is 0 Å². The average molecular weight is 424 g/mol. The second-order valence-electron chi connectivity index (χ2n) is 8.23. The SMILES string of the molecule is COc1ncnc(Cn2cc(C(=O)NCC3(O)CC3)c3ncc(C4COC4)nc32)c1C. The smallest absolute Gasteiger partial charge is 0.255 e. The van der Waals surface area contributed by atoms with Crippen LogP contribution >= 0.6 is 0 Å². The predicted molar refractivity (Wildman–Crippen MR) is 110 cm³/mol. The van der Waals surface area contributed by atoms with Gasteiger partial charge in [0.25, 0.3) is 5.91 Å². The summed E-state index contributed by atoms with van der Waals surface area (Å²) in [5.41, 5.74) is 3.20. The highest BCUT2D eigenvalue weighted by Gasteiger charge is 2.40. The molecule has 5 rings (SSSR count). The van der Waals surface area contributed by atoms with Crippen LogP contribution in [0.3, 0.4) is 0 Å². The molecule has 31 heavy (non-hydrogen) atoms. The fraction of sp³-hybridized carbons (Fsp3) is 0.476. The summed E-state index contributed by atoms with van der Waals surface area (Å²) in [4.78, 5) is 30.8. The Balaban J connectivity index is 1.52. The minimum absolute atomic E-state index is 0.211. The average Bonchev–Trinajstić information content (AvgIpc) is 3.36. The summed E-state index contributed by atoms with van der Waals surface area (Å²) in [5.74, 6) is 0.438. The summed E-state index contributed by atoms with van der Waals surface area (Å²) in [6, 6.07) is 0. The molecule has 10 nitrogen and oxygen atoms in total. The second kappa shape index (κ2) is 7.54. The normalized spacial score (nSPS) is 17.4. The molecular weight excluding hydrogens is 400 g/mol. The predicted octanol–water partition coefficient (Wildman–Crippen LogP) is 0.955. The number of hydrogen-bond donors (Lipinski definition) is 2. The number of carbonyl (C=O) groups is 1. The van der Waals surface area contributed by atoms with Gasteiger partial charge in [-0.05, 0) is 19.8 Å². The van der Waals surface area contributed by atoms with Gasteiger partial charge < -0.3 is 24.5 Å². The molecule has 1 amide bonds. The molecule has 3 aromatic rings. The van der Waals surface area contributed by atoms with Crippen molar-refractivity contribution in [2.75, 3.05) is 26.9 Å². The number of carbonyl (C=O) groups excluding carboxylic acids is 1. The number of methoxy groups -OCH3 is 1. The maximum atomic E-state index is 12.9. The number of rotatable bonds is 7. The van der Waals surface area contributed by atoms with Crippen LogP contribution in [-0.2, 0) is 11.3 Å². The van der Waals surface area contributed by atoms with Gasteiger partial charge in [-0.15, -0.1) is 0 Å². The maximum Gasteiger partial charge on any atom is 0.255 e. The van der Waals surface area contributed by atoms with E-state index in [9.17, 15) is 9.90 Å². The van der Waals surface area contributed by atoms with E-state index >= 15 is 0 Å². The molecule has 2 fully saturated rings. The Morgan fingerprint density at radius 3 is 2.84 bits per heavy atom. The molecule has 0 radical (unpaired) electrons. The summed E-state index contributed by atoms with van der Waals surface area (Å²) in [7, 11) is 1.57. The number of nitrogens with zero attached hydrogens (tertiary/aromatic N) is 5. The summed E-state index contributed by atoms with van der Waals surface area (Å²) in [5, 5.41) is 12.9. The molecular formula is C21H24N6O4. The number of aliphatic hydroxyl groups is 1. The zero-order chi connectivity index (χ0) is 21.6. The Morgan fingerprint density at radius 1 is 1.35 bits per heavy atom. The van der Waals surface area contributed by atoms with Gasteiger partial charge in [0.15, 0.2) is 5.65 Å². The van der Waals surface area contributed by atoms with E-state index in [4.69, 9.17) is 14.5 Å². The van der Waals surface area contributed by atoms with Crippen LogP contribution in [0.25, 0.3) is 11.2 Å². The summed E-state index contributed by atoms with van der Waals surface area (Å²) in [6.45, 7) is 3.75. The first-order valence-electron chi connectivity index (χ1n) is 10.3. The molecule has 1 saturated heterocycles. The third-order valence-corrected chi connectivity index (χ3v) is 5.95. The number of nitrogens with one attached hydrogen (secondary N) is 1. The van der Waals surface area contributed by atoms with Crippen molar-refractivity contribution in [3.63, 3.8) is 0 Å². The topological polar surface area (TPSA) is 124 Å². The maximum absolute atomic E-state index is 12.9. The van der Waals surface area contributed by atoms with E-state index in [-0.39, 0.29) is 18.4 Å². The molecule has 2 N–H and O–H groups in total. The van der Waals surface area contributed by atoms with Gasteiger partial charge in [-0.1, -0.05) is 0 Å². The minimum Gasteiger partial charge on any atom is -0.481 e. The number of amides is 1. The largest absolute Gasteiger partial charge is 0.481 e. The number of ether oxygens (including phenoxy) is 2. The van der Waals surface area contributed by atoms with Crippen LogP contribution in [0.15, 0.2) is 18.7 Å². The van der Waals surface area contributed by atoms with Crippen molar-refractivity contribution in [3.05, 3.63) is 41.2 Å². The quantitative estimate of drug-likeness (QED) is 0.575. The zero-order valence-electron chi connectivity index (χ0n) is 17.5. The first kappa shape index (κ1) is 19.8. The Hall–Kier alpha value is -3.11. The number of fused-ring (bicyclic) bond motifs is 1. The van der Waals surface area contributed by atoms with Crippen LogP contribution in [0.4, 0.5) is 0 Å². The molecule has 0 spiro atoms. The van der Waals surface area contributed by atoms with Crippen LogP contribution in [0.5, 0.6) is 5.88 Å². The van der Waals surface area contributed by atoms with Gasteiger partial charge in [-0.25, -0.2) is 15.0 Å². The van der Waals surface area contributed by atoms with E-state index in [1.165, 1.54) is 6.33 Å². The molecule has 2 aliphatic rings.